The fourth-order valence-corrected chi connectivity index (χ4v) is 2.49. The summed E-state index contributed by atoms with van der Waals surface area (Å²) in [6.45, 7) is 4.56. The summed E-state index contributed by atoms with van der Waals surface area (Å²) in [4.78, 5) is 0. The lowest BCUT2D eigenvalue weighted by Gasteiger charge is -2.14. The van der Waals surface area contributed by atoms with Crippen LogP contribution in [0.5, 0.6) is 5.75 Å². The van der Waals surface area contributed by atoms with Gasteiger partial charge < -0.3 is 10.1 Å². The predicted molar refractivity (Wildman–Crippen MR) is 87.1 cm³/mol. The van der Waals surface area contributed by atoms with Gasteiger partial charge in [0, 0.05) is 6.04 Å². The summed E-state index contributed by atoms with van der Waals surface area (Å²) in [6.07, 6.45) is 0. The Morgan fingerprint density at radius 1 is 1.24 bits per heavy atom. The van der Waals surface area contributed by atoms with E-state index in [-0.39, 0.29) is 5.82 Å². The Balaban J connectivity index is 2.07. The smallest absolute Gasteiger partial charge is 0.137 e. The van der Waals surface area contributed by atoms with Crippen molar-refractivity contribution in [3.05, 3.63) is 63.4 Å². The highest BCUT2D eigenvalue weighted by molar-refractivity contribution is 9.10. The van der Waals surface area contributed by atoms with Gasteiger partial charge in [0.1, 0.15) is 18.2 Å². The Bertz CT molecular complexity index is 630. The standard InChI is InChI=1S/C17H19BrFNO/c1-11-8-14(12(2)20-3)5-7-17(11)21-10-13-4-6-16(19)15(18)9-13/h4-9,12,20H,10H2,1-3H3. The van der Waals surface area contributed by atoms with Crippen LogP contribution in [0.25, 0.3) is 0 Å². The van der Waals surface area contributed by atoms with Gasteiger partial charge in [-0.05, 0) is 71.7 Å². The minimum atomic E-state index is -0.264. The van der Waals surface area contributed by atoms with Crippen molar-refractivity contribution >= 4 is 15.9 Å². The number of halogens is 2. The number of hydrogen-bond acceptors (Lipinski definition) is 2. The van der Waals surface area contributed by atoms with E-state index in [1.54, 1.807) is 12.1 Å². The number of aryl methyl sites for hydroxylation is 1. The summed E-state index contributed by atoms with van der Waals surface area (Å²) in [6, 6.07) is 11.4. The summed E-state index contributed by atoms with van der Waals surface area (Å²) >= 11 is 3.18. The molecule has 21 heavy (non-hydrogen) atoms. The van der Waals surface area contributed by atoms with Gasteiger partial charge in [0.05, 0.1) is 4.47 Å². The van der Waals surface area contributed by atoms with Crippen LogP contribution in [0.2, 0.25) is 0 Å². The van der Waals surface area contributed by atoms with E-state index in [0.29, 0.717) is 17.1 Å². The van der Waals surface area contributed by atoms with Crippen LogP contribution in [0.3, 0.4) is 0 Å². The topological polar surface area (TPSA) is 21.3 Å². The number of hydrogen-bond donors (Lipinski definition) is 1. The van der Waals surface area contributed by atoms with Crippen LogP contribution >= 0.6 is 15.9 Å². The summed E-state index contributed by atoms with van der Waals surface area (Å²) < 4.78 is 19.5. The lowest BCUT2D eigenvalue weighted by Crippen LogP contribution is -2.12. The lowest BCUT2D eigenvalue weighted by molar-refractivity contribution is 0.303. The molecule has 0 spiro atoms. The third kappa shape index (κ3) is 4.05. The molecule has 0 amide bonds. The summed E-state index contributed by atoms with van der Waals surface area (Å²) in [5, 5.41) is 3.22. The molecular weight excluding hydrogens is 333 g/mol. The molecule has 0 saturated carbocycles. The van der Waals surface area contributed by atoms with Crippen molar-refractivity contribution in [1.29, 1.82) is 0 Å². The number of rotatable bonds is 5. The Morgan fingerprint density at radius 3 is 2.62 bits per heavy atom. The molecule has 4 heteroatoms. The molecule has 112 valence electrons. The van der Waals surface area contributed by atoms with Crippen LogP contribution in [0.1, 0.15) is 29.7 Å². The molecule has 0 aromatic heterocycles. The van der Waals surface area contributed by atoms with Gasteiger partial charge >= 0.3 is 0 Å². The van der Waals surface area contributed by atoms with Gasteiger partial charge in [-0.15, -0.1) is 0 Å². The molecule has 2 aromatic rings. The van der Waals surface area contributed by atoms with Gasteiger partial charge in [0.15, 0.2) is 0 Å². The molecular formula is C17H19BrFNO. The second-order valence-corrected chi connectivity index (χ2v) is 5.93. The van der Waals surface area contributed by atoms with E-state index in [4.69, 9.17) is 4.74 Å². The lowest BCUT2D eigenvalue weighted by atomic mass is 10.1. The third-order valence-electron chi connectivity index (χ3n) is 3.51. The molecule has 0 saturated heterocycles. The molecule has 2 nitrogen and oxygen atoms in total. The van der Waals surface area contributed by atoms with Crippen LogP contribution in [0.15, 0.2) is 40.9 Å². The van der Waals surface area contributed by atoms with E-state index in [0.717, 1.165) is 16.9 Å². The van der Waals surface area contributed by atoms with Crippen molar-refractivity contribution in [3.63, 3.8) is 0 Å². The van der Waals surface area contributed by atoms with E-state index in [9.17, 15) is 4.39 Å². The molecule has 2 aromatic carbocycles. The first kappa shape index (κ1) is 16.0. The number of nitrogens with one attached hydrogen (secondary N) is 1. The monoisotopic (exact) mass is 351 g/mol. The average molecular weight is 352 g/mol. The quantitative estimate of drug-likeness (QED) is 0.838. The molecule has 0 fully saturated rings. The van der Waals surface area contributed by atoms with Gasteiger partial charge in [0.2, 0.25) is 0 Å². The molecule has 0 heterocycles. The minimum absolute atomic E-state index is 0.264. The molecule has 0 aliphatic carbocycles. The van der Waals surface area contributed by atoms with Gasteiger partial charge in [0.25, 0.3) is 0 Å². The minimum Gasteiger partial charge on any atom is -0.489 e. The van der Waals surface area contributed by atoms with E-state index >= 15 is 0 Å². The normalized spacial score (nSPS) is 12.2. The van der Waals surface area contributed by atoms with Crippen LogP contribution in [-0.4, -0.2) is 7.05 Å². The second-order valence-electron chi connectivity index (χ2n) is 5.07. The highest BCUT2D eigenvalue weighted by Crippen LogP contribution is 2.24. The molecule has 0 aliphatic heterocycles. The summed E-state index contributed by atoms with van der Waals surface area (Å²) in [7, 11) is 1.94. The summed E-state index contributed by atoms with van der Waals surface area (Å²) in [5.74, 6) is 0.586. The number of benzene rings is 2. The van der Waals surface area contributed by atoms with Crippen LogP contribution in [0, 0.1) is 12.7 Å². The van der Waals surface area contributed by atoms with Crippen molar-refractivity contribution < 1.29 is 9.13 Å². The zero-order valence-electron chi connectivity index (χ0n) is 12.4. The van der Waals surface area contributed by atoms with Crippen molar-refractivity contribution in [1.82, 2.24) is 5.32 Å². The van der Waals surface area contributed by atoms with Crippen molar-refractivity contribution in [2.45, 2.75) is 26.5 Å². The van der Waals surface area contributed by atoms with Crippen molar-refractivity contribution in [2.75, 3.05) is 7.05 Å². The predicted octanol–water partition coefficient (Wildman–Crippen LogP) is 4.76. The highest BCUT2D eigenvalue weighted by atomic mass is 79.9. The summed E-state index contributed by atoms with van der Waals surface area (Å²) in [5.41, 5.74) is 3.25. The van der Waals surface area contributed by atoms with Crippen LogP contribution in [-0.2, 0) is 6.61 Å². The average Bonchev–Trinajstić information content (AvgIpc) is 2.48. The molecule has 1 N–H and O–H groups in total. The fourth-order valence-electron chi connectivity index (χ4n) is 2.06. The van der Waals surface area contributed by atoms with Crippen LogP contribution < -0.4 is 10.1 Å². The SMILES string of the molecule is CNC(C)c1ccc(OCc2ccc(F)c(Br)c2)c(C)c1. The van der Waals surface area contributed by atoms with Crippen LogP contribution in [0.4, 0.5) is 4.39 Å². The van der Waals surface area contributed by atoms with Gasteiger partial charge in [-0.25, -0.2) is 4.39 Å². The first-order valence-corrected chi connectivity index (χ1v) is 7.65. The Hall–Kier alpha value is -1.39. The maximum absolute atomic E-state index is 13.2. The van der Waals surface area contributed by atoms with Gasteiger partial charge in [-0.2, -0.15) is 0 Å². The molecule has 1 atom stereocenters. The Morgan fingerprint density at radius 2 is 2.00 bits per heavy atom. The molecule has 2 rings (SSSR count). The molecule has 0 bridgehead atoms. The molecule has 0 radical (unpaired) electrons. The Kier molecular flexibility index (Phi) is 5.37. The van der Waals surface area contributed by atoms with Crippen molar-refractivity contribution in [2.24, 2.45) is 0 Å². The first-order valence-electron chi connectivity index (χ1n) is 6.86. The first-order chi connectivity index (χ1) is 10.0. The molecule has 1 unspecified atom stereocenters. The van der Waals surface area contributed by atoms with E-state index < -0.39 is 0 Å². The second kappa shape index (κ2) is 7.05. The van der Waals surface area contributed by atoms with Gasteiger partial charge in [-0.3, -0.25) is 0 Å². The fraction of sp³-hybridized carbons (Fsp3) is 0.294. The Labute approximate surface area is 133 Å². The van der Waals surface area contributed by atoms with E-state index in [2.05, 4.69) is 40.3 Å². The molecule has 0 aliphatic rings. The maximum Gasteiger partial charge on any atom is 0.137 e. The largest absolute Gasteiger partial charge is 0.489 e. The van der Waals surface area contributed by atoms with E-state index in [1.165, 1.54) is 11.6 Å². The van der Waals surface area contributed by atoms with E-state index in [1.807, 2.05) is 20.0 Å². The zero-order chi connectivity index (χ0) is 15.4. The maximum atomic E-state index is 13.2. The van der Waals surface area contributed by atoms with Gasteiger partial charge in [-0.1, -0.05) is 18.2 Å². The highest BCUT2D eigenvalue weighted by Gasteiger charge is 2.07. The zero-order valence-corrected chi connectivity index (χ0v) is 14.0. The van der Waals surface area contributed by atoms with Crippen molar-refractivity contribution in [3.8, 4) is 5.75 Å². The number of ether oxygens (including phenoxy) is 1. The third-order valence-corrected chi connectivity index (χ3v) is 4.12.